The van der Waals surface area contributed by atoms with Crippen molar-refractivity contribution in [2.45, 2.75) is 19.9 Å². The van der Waals surface area contributed by atoms with Crippen molar-refractivity contribution in [2.75, 3.05) is 11.9 Å². The van der Waals surface area contributed by atoms with Gasteiger partial charge in [-0.2, -0.15) is 5.10 Å². The summed E-state index contributed by atoms with van der Waals surface area (Å²) < 4.78 is 6.71. The van der Waals surface area contributed by atoms with E-state index in [0.717, 1.165) is 0 Å². The molecule has 0 spiro atoms. The maximum absolute atomic E-state index is 12.4. The first-order valence-corrected chi connectivity index (χ1v) is 9.16. The van der Waals surface area contributed by atoms with Crippen LogP contribution in [0, 0.1) is 0 Å². The number of carbonyl (C=O) groups excluding carboxylic acids is 3. The Morgan fingerprint density at radius 1 is 0.931 bits per heavy atom. The molecule has 3 aromatic rings. The lowest BCUT2D eigenvalue weighted by Gasteiger charge is -2.12. The Morgan fingerprint density at radius 3 is 2.21 bits per heavy atom. The van der Waals surface area contributed by atoms with E-state index in [1.165, 1.54) is 12.1 Å². The molecule has 3 rings (SSSR count). The minimum atomic E-state index is -0.642. The Morgan fingerprint density at radius 2 is 1.55 bits per heavy atom. The average molecular weight is 391 g/mol. The Kier molecular flexibility index (Phi) is 6.19. The molecule has 7 heteroatoms. The van der Waals surface area contributed by atoms with Crippen molar-refractivity contribution in [1.82, 2.24) is 9.78 Å². The predicted octanol–water partition coefficient (Wildman–Crippen LogP) is 3.49. The molecule has 7 nitrogen and oxygen atoms in total. The van der Waals surface area contributed by atoms with Crippen LogP contribution >= 0.6 is 0 Å². The summed E-state index contributed by atoms with van der Waals surface area (Å²) in [7, 11) is 0. The molecule has 0 aliphatic carbocycles. The standard InChI is InChI=1S/C22H21N3O4/c1-15(2)25-19(12-13-23-25)24-20(26)14-29-22(28)18-10-8-17(9-11-18)21(27)16-6-4-3-5-7-16/h3-13,15H,14H2,1-2H3,(H,24,26). The van der Waals surface area contributed by atoms with E-state index in [9.17, 15) is 14.4 Å². The maximum atomic E-state index is 12.4. The van der Waals surface area contributed by atoms with Crippen molar-refractivity contribution >= 4 is 23.5 Å². The van der Waals surface area contributed by atoms with Crippen molar-refractivity contribution in [3.05, 3.63) is 83.6 Å². The third kappa shape index (κ3) is 4.95. The fourth-order valence-corrected chi connectivity index (χ4v) is 2.73. The van der Waals surface area contributed by atoms with Crippen LogP contribution in [0.5, 0.6) is 0 Å². The molecule has 0 atom stereocenters. The first kappa shape index (κ1) is 20.0. The third-order valence-electron chi connectivity index (χ3n) is 4.18. The molecule has 2 aromatic carbocycles. The van der Waals surface area contributed by atoms with Crippen LogP contribution in [0.3, 0.4) is 0 Å². The number of hydrogen-bond donors (Lipinski definition) is 1. The van der Waals surface area contributed by atoms with Gasteiger partial charge in [-0.25, -0.2) is 9.48 Å². The van der Waals surface area contributed by atoms with Gasteiger partial charge in [-0.05, 0) is 26.0 Å². The second-order valence-electron chi connectivity index (χ2n) is 6.65. The maximum Gasteiger partial charge on any atom is 0.338 e. The van der Waals surface area contributed by atoms with Gasteiger partial charge >= 0.3 is 5.97 Å². The SMILES string of the molecule is CC(C)n1nccc1NC(=O)COC(=O)c1ccc(C(=O)c2ccccc2)cc1. The topological polar surface area (TPSA) is 90.3 Å². The first-order valence-electron chi connectivity index (χ1n) is 9.16. The van der Waals surface area contributed by atoms with Gasteiger partial charge in [0.1, 0.15) is 5.82 Å². The highest BCUT2D eigenvalue weighted by molar-refractivity contribution is 6.09. The second kappa shape index (κ2) is 8.97. The molecule has 1 aromatic heterocycles. The molecule has 0 aliphatic rings. The van der Waals surface area contributed by atoms with E-state index in [0.29, 0.717) is 16.9 Å². The molecule has 0 saturated heterocycles. The highest BCUT2D eigenvalue weighted by atomic mass is 16.5. The third-order valence-corrected chi connectivity index (χ3v) is 4.18. The summed E-state index contributed by atoms with van der Waals surface area (Å²) in [5.41, 5.74) is 1.29. The van der Waals surface area contributed by atoms with E-state index in [4.69, 9.17) is 4.74 Å². The van der Waals surface area contributed by atoms with Gasteiger partial charge in [-0.15, -0.1) is 0 Å². The number of aromatic nitrogens is 2. The van der Waals surface area contributed by atoms with Gasteiger partial charge in [0.2, 0.25) is 0 Å². The molecule has 0 radical (unpaired) electrons. The Bertz CT molecular complexity index is 1010. The summed E-state index contributed by atoms with van der Waals surface area (Å²) in [5.74, 6) is -0.704. The molecule has 148 valence electrons. The Labute approximate surface area is 168 Å². The fraction of sp³-hybridized carbons (Fsp3) is 0.182. The lowest BCUT2D eigenvalue weighted by molar-refractivity contribution is -0.119. The molecule has 0 unspecified atom stereocenters. The monoisotopic (exact) mass is 391 g/mol. The number of nitrogens with one attached hydrogen (secondary N) is 1. The largest absolute Gasteiger partial charge is 0.452 e. The zero-order chi connectivity index (χ0) is 20.8. The van der Waals surface area contributed by atoms with E-state index in [1.54, 1.807) is 53.3 Å². The number of amides is 1. The van der Waals surface area contributed by atoms with Crippen LogP contribution in [0.25, 0.3) is 0 Å². The van der Waals surface area contributed by atoms with Crippen molar-refractivity contribution in [2.24, 2.45) is 0 Å². The minimum Gasteiger partial charge on any atom is -0.452 e. The van der Waals surface area contributed by atoms with Gasteiger partial charge < -0.3 is 10.1 Å². The predicted molar refractivity (Wildman–Crippen MR) is 108 cm³/mol. The van der Waals surface area contributed by atoms with E-state index < -0.39 is 18.5 Å². The lowest BCUT2D eigenvalue weighted by atomic mass is 10.0. The van der Waals surface area contributed by atoms with Crippen molar-refractivity contribution in [1.29, 1.82) is 0 Å². The number of hydrogen-bond acceptors (Lipinski definition) is 5. The van der Waals surface area contributed by atoms with Crippen LogP contribution in [0.1, 0.15) is 46.2 Å². The minimum absolute atomic E-state index is 0.0833. The number of ketones is 1. The molecule has 1 N–H and O–H groups in total. The average Bonchev–Trinajstić information content (AvgIpc) is 3.20. The number of esters is 1. The number of anilines is 1. The Hall–Kier alpha value is -3.74. The van der Waals surface area contributed by atoms with E-state index >= 15 is 0 Å². The van der Waals surface area contributed by atoms with E-state index in [1.807, 2.05) is 19.9 Å². The number of rotatable bonds is 7. The molecule has 0 aliphatic heterocycles. The highest BCUT2D eigenvalue weighted by Gasteiger charge is 2.14. The number of carbonyl (C=O) groups is 3. The van der Waals surface area contributed by atoms with Crippen LogP contribution < -0.4 is 5.32 Å². The first-order chi connectivity index (χ1) is 14.0. The quantitative estimate of drug-likeness (QED) is 0.492. The van der Waals surface area contributed by atoms with Crippen LogP contribution in [-0.4, -0.2) is 34.0 Å². The number of ether oxygens (including phenoxy) is 1. The summed E-state index contributed by atoms with van der Waals surface area (Å²) >= 11 is 0. The fourth-order valence-electron chi connectivity index (χ4n) is 2.73. The summed E-state index contributed by atoms with van der Waals surface area (Å²) in [6.07, 6.45) is 1.58. The summed E-state index contributed by atoms with van der Waals surface area (Å²) in [6, 6.07) is 16.8. The molecule has 29 heavy (non-hydrogen) atoms. The second-order valence-corrected chi connectivity index (χ2v) is 6.65. The molecule has 0 fully saturated rings. The van der Waals surface area contributed by atoms with Crippen molar-refractivity contribution < 1.29 is 19.1 Å². The molecule has 0 bridgehead atoms. The van der Waals surface area contributed by atoms with Crippen LogP contribution in [0.4, 0.5) is 5.82 Å². The summed E-state index contributed by atoms with van der Waals surface area (Å²) in [6.45, 7) is 3.45. The lowest BCUT2D eigenvalue weighted by Crippen LogP contribution is -2.23. The normalized spacial score (nSPS) is 10.6. The number of benzene rings is 2. The van der Waals surface area contributed by atoms with E-state index in [-0.39, 0.29) is 17.4 Å². The van der Waals surface area contributed by atoms with Gasteiger partial charge in [0.25, 0.3) is 5.91 Å². The zero-order valence-electron chi connectivity index (χ0n) is 16.2. The molecule has 1 heterocycles. The molecule has 1 amide bonds. The number of nitrogens with zero attached hydrogens (tertiary/aromatic N) is 2. The van der Waals surface area contributed by atoms with Gasteiger partial charge in [-0.1, -0.05) is 42.5 Å². The van der Waals surface area contributed by atoms with Crippen molar-refractivity contribution in [3.8, 4) is 0 Å². The van der Waals surface area contributed by atoms with Gasteiger partial charge in [-0.3, -0.25) is 9.59 Å². The van der Waals surface area contributed by atoms with Crippen LogP contribution in [0.2, 0.25) is 0 Å². The summed E-state index contributed by atoms with van der Waals surface area (Å²) in [4.78, 5) is 36.6. The van der Waals surface area contributed by atoms with E-state index in [2.05, 4.69) is 10.4 Å². The van der Waals surface area contributed by atoms with Gasteiger partial charge in [0, 0.05) is 23.2 Å². The smallest absolute Gasteiger partial charge is 0.338 e. The van der Waals surface area contributed by atoms with Crippen molar-refractivity contribution in [3.63, 3.8) is 0 Å². The van der Waals surface area contributed by atoms with Crippen LogP contribution in [-0.2, 0) is 9.53 Å². The molecule has 0 saturated carbocycles. The zero-order valence-corrected chi connectivity index (χ0v) is 16.2. The van der Waals surface area contributed by atoms with Gasteiger partial charge in [0.05, 0.1) is 11.8 Å². The molecular weight excluding hydrogens is 370 g/mol. The summed E-state index contributed by atoms with van der Waals surface area (Å²) in [5, 5.41) is 6.78. The van der Waals surface area contributed by atoms with Crippen LogP contribution in [0.15, 0.2) is 66.9 Å². The highest BCUT2D eigenvalue weighted by Crippen LogP contribution is 2.14. The Balaban J connectivity index is 1.56. The molecular formula is C22H21N3O4. The van der Waals surface area contributed by atoms with Gasteiger partial charge in [0.15, 0.2) is 12.4 Å².